The van der Waals surface area contributed by atoms with Gasteiger partial charge in [-0.1, -0.05) is 19.1 Å². The number of nitrogens with zero attached hydrogens (tertiary/aromatic N) is 1. The number of aryl methyl sites for hydroxylation is 2. The Bertz CT molecular complexity index is 728. The van der Waals surface area contributed by atoms with Crippen molar-refractivity contribution in [3.05, 3.63) is 45.3 Å². The van der Waals surface area contributed by atoms with Crippen molar-refractivity contribution >= 4 is 11.0 Å². The van der Waals surface area contributed by atoms with Crippen molar-refractivity contribution < 1.29 is 4.42 Å². The van der Waals surface area contributed by atoms with Crippen LogP contribution in [0.2, 0.25) is 0 Å². The zero-order valence-electron chi connectivity index (χ0n) is 13.8. The lowest BCUT2D eigenvalue weighted by molar-refractivity contribution is 0.255. The van der Waals surface area contributed by atoms with Crippen LogP contribution in [0.1, 0.15) is 42.9 Å². The second-order valence-electron chi connectivity index (χ2n) is 6.65. The molecule has 1 aliphatic carbocycles. The van der Waals surface area contributed by atoms with Gasteiger partial charge in [0.1, 0.15) is 5.58 Å². The Balaban J connectivity index is 1.97. The first-order chi connectivity index (χ1) is 10.6. The fraction of sp³-hybridized carbons (Fsp3) is 0.526. The van der Waals surface area contributed by atoms with Gasteiger partial charge in [0, 0.05) is 24.5 Å². The number of benzene rings is 1. The third-order valence-corrected chi connectivity index (χ3v) is 4.66. The lowest BCUT2D eigenvalue weighted by atomic mass is 10.0. The molecule has 0 amide bonds. The van der Waals surface area contributed by atoms with Crippen molar-refractivity contribution in [2.24, 2.45) is 5.92 Å². The van der Waals surface area contributed by atoms with Gasteiger partial charge in [0.15, 0.2) is 0 Å². The quantitative estimate of drug-likeness (QED) is 0.755. The Morgan fingerprint density at radius 1 is 1.27 bits per heavy atom. The average molecular weight is 299 g/mol. The highest BCUT2D eigenvalue weighted by atomic mass is 16.4. The van der Waals surface area contributed by atoms with Crippen LogP contribution >= 0.6 is 0 Å². The maximum atomic E-state index is 12.0. The van der Waals surface area contributed by atoms with Gasteiger partial charge < -0.3 is 4.42 Å². The molecule has 0 radical (unpaired) electrons. The van der Waals surface area contributed by atoms with E-state index in [1.54, 1.807) is 6.07 Å². The van der Waals surface area contributed by atoms with Crippen LogP contribution in [-0.4, -0.2) is 18.0 Å². The average Bonchev–Trinajstić information content (AvgIpc) is 3.27. The van der Waals surface area contributed by atoms with Crippen LogP contribution in [0, 0.1) is 19.8 Å². The molecular weight excluding hydrogens is 274 g/mol. The Morgan fingerprint density at radius 2 is 2.05 bits per heavy atom. The predicted octanol–water partition coefficient (Wildman–Crippen LogP) is 4.03. The summed E-state index contributed by atoms with van der Waals surface area (Å²) in [6.45, 7) is 9.37. The summed E-state index contributed by atoms with van der Waals surface area (Å²) in [6.07, 6.45) is 3.86. The molecule has 0 atom stereocenters. The van der Waals surface area contributed by atoms with Gasteiger partial charge in [-0.2, -0.15) is 0 Å². The van der Waals surface area contributed by atoms with Crippen molar-refractivity contribution in [1.82, 2.24) is 4.90 Å². The maximum Gasteiger partial charge on any atom is 0.336 e. The molecule has 118 valence electrons. The Labute approximate surface area is 131 Å². The monoisotopic (exact) mass is 299 g/mol. The van der Waals surface area contributed by atoms with Crippen LogP contribution in [0.25, 0.3) is 11.0 Å². The molecule has 0 unspecified atom stereocenters. The molecule has 1 aliphatic rings. The second kappa shape index (κ2) is 6.25. The normalized spacial score (nSPS) is 14.9. The van der Waals surface area contributed by atoms with Crippen LogP contribution in [-0.2, 0) is 6.54 Å². The van der Waals surface area contributed by atoms with Gasteiger partial charge >= 0.3 is 5.63 Å². The van der Waals surface area contributed by atoms with E-state index in [0.29, 0.717) is 0 Å². The molecule has 22 heavy (non-hydrogen) atoms. The molecule has 1 saturated carbocycles. The topological polar surface area (TPSA) is 33.5 Å². The van der Waals surface area contributed by atoms with E-state index in [2.05, 4.69) is 30.9 Å². The minimum Gasteiger partial charge on any atom is -0.422 e. The van der Waals surface area contributed by atoms with Gasteiger partial charge in [-0.05, 0) is 62.3 Å². The highest BCUT2D eigenvalue weighted by Crippen LogP contribution is 2.31. The van der Waals surface area contributed by atoms with Gasteiger partial charge in [0.2, 0.25) is 0 Å². The van der Waals surface area contributed by atoms with Crippen molar-refractivity contribution in [1.29, 1.82) is 0 Å². The van der Waals surface area contributed by atoms with Gasteiger partial charge in [-0.25, -0.2) is 4.79 Å². The van der Waals surface area contributed by atoms with E-state index in [1.165, 1.54) is 12.8 Å². The Morgan fingerprint density at radius 3 is 2.73 bits per heavy atom. The first-order valence-corrected chi connectivity index (χ1v) is 8.33. The summed E-state index contributed by atoms with van der Waals surface area (Å²) in [4.78, 5) is 14.4. The SMILES string of the molecule is CCCN(Cc1cc(=O)oc2c(C)c(C)ccc12)CC1CC1. The number of rotatable bonds is 6. The summed E-state index contributed by atoms with van der Waals surface area (Å²) < 4.78 is 5.47. The van der Waals surface area contributed by atoms with E-state index in [4.69, 9.17) is 4.42 Å². The van der Waals surface area contributed by atoms with Crippen LogP contribution in [0.3, 0.4) is 0 Å². The smallest absolute Gasteiger partial charge is 0.336 e. The number of hydrogen-bond acceptors (Lipinski definition) is 3. The molecular formula is C19H25NO2. The molecule has 1 heterocycles. The van der Waals surface area contributed by atoms with Gasteiger partial charge in [-0.3, -0.25) is 4.90 Å². The van der Waals surface area contributed by atoms with Crippen LogP contribution in [0.5, 0.6) is 0 Å². The van der Waals surface area contributed by atoms with Crippen molar-refractivity contribution in [3.8, 4) is 0 Å². The number of fused-ring (bicyclic) bond motifs is 1. The highest BCUT2D eigenvalue weighted by Gasteiger charge is 2.24. The van der Waals surface area contributed by atoms with E-state index in [0.717, 1.165) is 59.6 Å². The summed E-state index contributed by atoms with van der Waals surface area (Å²) in [5, 5.41) is 1.08. The largest absolute Gasteiger partial charge is 0.422 e. The van der Waals surface area contributed by atoms with E-state index in [1.807, 2.05) is 6.92 Å². The second-order valence-corrected chi connectivity index (χ2v) is 6.65. The van der Waals surface area contributed by atoms with Crippen LogP contribution in [0.4, 0.5) is 0 Å². The molecule has 1 aromatic carbocycles. The minimum atomic E-state index is -0.237. The molecule has 1 aromatic heterocycles. The fourth-order valence-corrected chi connectivity index (χ4v) is 3.11. The van der Waals surface area contributed by atoms with Gasteiger partial charge in [-0.15, -0.1) is 0 Å². The zero-order chi connectivity index (χ0) is 15.7. The molecule has 0 spiro atoms. The lowest BCUT2D eigenvalue weighted by Gasteiger charge is -2.22. The number of hydrogen-bond donors (Lipinski definition) is 0. The van der Waals surface area contributed by atoms with Crippen molar-refractivity contribution in [2.75, 3.05) is 13.1 Å². The minimum absolute atomic E-state index is 0.237. The summed E-state index contributed by atoms with van der Waals surface area (Å²) in [5.74, 6) is 0.863. The fourth-order valence-electron chi connectivity index (χ4n) is 3.11. The summed E-state index contributed by atoms with van der Waals surface area (Å²) in [5.41, 5.74) is 3.85. The molecule has 2 aromatic rings. The van der Waals surface area contributed by atoms with Crippen LogP contribution in [0.15, 0.2) is 27.4 Å². The highest BCUT2D eigenvalue weighted by molar-refractivity contribution is 5.83. The molecule has 0 bridgehead atoms. The predicted molar refractivity (Wildman–Crippen MR) is 90.3 cm³/mol. The first kappa shape index (κ1) is 15.3. The molecule has 3 heteroatoms. The van der Waals surface area contributed by atoms with Crippen LogP contribution < -0.4 is 5.63 Å². The maximum absolute atomic E-state index is 12.0. The molecule has 0 N–H and O–H groups in total. The van der Waals surface area contributed by atoms with E-state index < -0.39 is 0 Å². The van der Waals surface area contributed by atoms with Gasteiger partial charge in [0.05, 0.1) is 0 Å². The van der Waals surface area contributed by atoms with Crippen molar-refractivity contribution in [2.45, 2.75) is 46.6 Å². The Kier molecular flexibility index (Phi) is 4.34. The molecule has 3 rings (SSSR count). The summed E-state index contributed by atoms with van der Waals surface area (Å²) in [7, 11) is 0. The first-order valence-electron chi connectivity index (χ1n) is 8.33. The van der Waals surface area contributed by atoms with Crippen molar-refractivity contribution in [3.63, 3.8) is 0 Å². The molecule has 3 nitrogen and oxygen atoms in total. The van der Waals surface area contributed by atoms with E-state index >= 15 is 0 Å². The lowest BCUT2D eigenvalue weighted by Crippen LogP contribution is -2.27. The molecule has 0 saturated heterocycles. The molecule has 1 fully saturated rings. The molecule has 0 aliphatic heterocycles. The summed E-state index contributed by atoms with van der Waals surface area (Å²) >= 11 is 0. The van der Waals surface area contributed by atoms with E-state index in [-0.39, 0.29) is 5.63 Å². The zero-order valence-corrected chi connectivity index (χ0v) is 13.8. The summed E-state index contributed by atoms with van der Waals surface area (Å²) in [6, 6.07) is 5.88. The third kappa shape index (κ3) is 3.25. The third-order valence-electron chi connectivity index (χ3n) is 4.66. The standard InChI is InChI=1S/C19H25NO2/c1-4-9-20(11-15-6-7-15)12-16-10-18(21)22-19-14(3)13(2)5-8-17(16)19/h5,8,10,15H,4,6-7,9,11-12H2,1-3H3. The Hall–Kier alpha value is -1.61. The van der Waals surface area contributed by atoms with E-state index in [9.17, 15) is 4.79 Å². The van der Waals surface area contributed by atoms with Gasteiger partial charge in [0.25, 0.3) is 0 Å².